The molecular weight excluding hydrogens is 170 g/mol. The van der Waals surface area contributed by atoms with Crippen molar-refractivity contribution in [3.8, 4) is 0 Å². The number of nitrogens with two attached hydrogens (primary N) is 1. The van der Waals surface area contributed by atoms with Crippen LogP contribution in [-0.2, 0) is 0 Å². The van der Waals surface area contributed by atoms with Gasteiger partial charge in [-0.25, -0.2) is 0 Å². The molecule has 0 bridgehead atoms. The summed E-state index contributed by atoms with van der Waals surface area (Å²) in [5.74, 6) is 0. The van der Waals surface area contributed by atoms with Crippen molar-refractivity contribution in [3.63, 3.8) is 0 Å². The number of hydrogen-bond acceptors (Lipinski definition) is 1. The SMILES string of the molecule is C=CCC(CN)(CC=C)CCCCC. The Balaban J connectivity index is 4.16. The van der Waals surface area contributed by atoms with Crippen LogP contribution in [0.1, 0.15) is 45.4 Å². The van der Waals surface area contributed by atoms with Gasteiger partial charge in [-0.05, 0) is 31.2 Å². The zero-order valence-corrected chi connectivity index (χ0v) is 9.60. The van der Waals surface area contributed by atoms with Crippen molar-refractivity contribution in [1.82, 2.24) is 0 Å². The van der Waals surface area contributed by atoms with E-state index in [1.54, 1.807) is 0 Å². The Morgan fingerprint density at radius 2 is 1.71 bits per heavy atom. The van der Waals surface area contributed by atoms with Crippen molar-refractivity contribution < 1.29 is 0 Å². The Labute approximate surface area is 89.1 Å². The number of rotatable bonds is 9. The van der Waals surface area contributed by atoms with Crippen LogP contribution >= 0.6 is 0 Å². The van der Waals surface area contributed by atoms with E-state index in [0.29, 0.717) is 0 Å². The van der Waals surface area contributed by atoms with E-state index in [2.05, 4.69) is 20.1 Å². The third kappa shape index (κ3) is 4.61. The maximum atomic E-state index is 5.87. The van der Waals surface area contributed by atoms with Crippen molar-refractivity contribution >= 4 is 0 Å². The average molecular weight is 195 g/mol. The molecule has 0 saturated carbocycles. The molecular formula is C13H25N. The van der Waals surface area contributed by atoms with Crippen LogP contribution in [0.25, 0.3) is 0 Å². The molecule has 1 heteroatoms. The third-order valence-electron chi connectivity index (χ3n) is 2.90. The lowest BCUT2D eigenvalue weighted by atomic mass is 9.77. The smallest absolute Gasteiger partial charge is 0.00146 e. The van der Waals surface area contributed by atoms with Gasteiger partial charge in [-0.3, -0.25) is 0 Å². The van der Waals surface area contributed by atoms with E-state index >= 15 is 0 Å². The Kier molecular flexibility index (Phi) is 7.50. The van der Waals surface area contributed by atoms with Crippen LogP contribution in [0.3, 0.4) is 0 Å². The predicted molar refractivity (Wildman–Crippen MR) is 65.3 cm³/mol. The first-order chi connectivity index (χ1) is 6.74. The minimum absolute atomic E-state index is 0.235. The summed E-state index contributed by atoms with van der Waals surface area (Å²) in [5.41, 5.74) is 6.10. The molecule has 0 amide bonds. The first kappa shape index (κ1) is 13.4. The van der Waals surface area contributed by atoms with Crippen LogP contribution in [0.4, 0.5) is 0 Å². The van der Waals surface area contributed by atoms with E-state index in [0.717, 1.165) is 19.4 Å². The normalized spacial score (nSPS) is 11.3. The lowest BCUT2D eigenvalue weighted by Crippen LogP contribution is -2.29. The molecule has 0 aliphatic heterocycles. The number of hydrogen-bond donors (Lipinski definition) is 1. The number of allylic oxidation sites excluding steroid dienone is 2. The van der Waals surface area contributed by atoms with Crippen molar-refractivity contribution in [3.05, 3.63) is 25.3 Å². The van der Waals surface area contributed by atoms with Crippen molar-refractivity contribution in [1.29, 1.82) is 0 Å². The van der Waals surface area contributed by atoms with Crippen molar-refractivity contribution in [2.24, 2.45) is 11.1 Å². The molecule has 0 atom stereocenters. The van der Waals surface area contributed by atoms with Crippen LogP contribution in [0, 0.1) is 5.41 Å². The summed E-state index contributed by atoms with van der Waals surface area (Å²) in [6.07, 6.45) is 11.0. The molecule has 82 valence electrons. The van der Waals surface area contributed by atoms with E-state index in [1.165, 1.54) is 25.7 Å². The van der Waals surface area contributed by atoms with Gasteiger partial charge in [0.25, 0.3) is 0 Å². The topological polar surface area (TPSA) is 26.0 Å². The van der Waals surface area contributed by atoms with Gasteiger partial charge in [-0.2, -0.15) is 0 Å². The van der Waals surface area contributed by atoms with E-state index in [1.807, 2.05) is 12.2 Å². The molecule has 0 radical (unpaired) electrons. The zero-order valence-electron chi connectivity index (χ0n) is 9.60. The second-order valence-corrected chi connectivity index (χ2v) is 4.15. The molecule has 0 aromatic heterocycles. The Morgan fingerprint density at radius 3 is 2.07 bits per heavy atom. The van der Waals surface area contributed by atoms with Gasteiger partial charge in [0.1, 0.15) is 0 Å². The molecule has 2 N–H and O–H groups in total. The van der Waals surface area contributed by atoms with Gasteiger partial charge < -0.3 is 5.73 Å². The maximum Gasteiger partial charge on any atom is -0.00146 e. The van der Waals surface area contributed by atoms with Gasteiger partial charge in [0, 0.05) is 0 Å². The first-order valence-corrected chi connectivity index (χ1v) is 5.66. The highest BCUT2D eigenvalue weighted by molar-refractivity contribution is 4.92. The van der Waals surface area contributed by atoms with E-state index in [9.17, 15) is 0 Å². The summed E-state index contributed by atoms with van der Waals surface area (Å²) in [5, 5.41) is 0. The molecule has 1 nitrogen and oxygen atoms in total. The molecule has 0 aliphatic carbocycles. The Morgan fingerprint density at radius 1 is 1.14 bits per heavy atom. The molecule has 0 aliphatic rings. The van der Waals surface area contributed by atoms with Gasteiger partial charge in [-0.1, -0.05) is 38.3 Å². The van der Waals surface area contributed by atoms with E-state index in [4.69, 9.17) is 5.73 Å². The van der Waals surface area contributed by atoms with Gasteiger partial charge in [-0.15, -0.1) is 13.2 Å². The number of unbranched alkanes of at least 4 members (excludes halogenated alkanes) is 2. The zero-order chi connectivity index (χ0) is 10.9. The summed E-state index contributed by atoms with van der Waals surface area (Å²) >= 11 is 0. The fourth-order valence-electron chi connectivity index (χ4n) is 1.92. The molecule has 0 rings (SSSR count). The fraction of sp³-hybridized carbons (Fsp3) is 0.692. The second kappa shape index (κ2) is 7.81. The monoisotopic (exact) mass is 195 g/mol. The fourth-order valence-corrected chi connectivity index (χ4v) is 1.92. The van der Waals surface area contributed by atoms with Crippen LogP contribution in [-0.4, -0.2) is 6.54 Å². The Hall–Kier alpha value is -0.560. The van der Waals surface area contributed by atoms with Crippen LogP contribution < -0.4 is 5.73 Å². The molecule has 0 saturated heterocycles. The summed E-state index contributed by atoms with van der Waals surface area (Å²) in [6.45, 7) is 10.6. The summed E-state index contributed by atoms with van der Waals surface area (Å²) < 4.78 is 0. The molecule has 0 spiro atoms. The van der Waals surface area contributed by atoms with Gasteiger partial charge >= 0.3 is 0 Å². The minimum atomic E-state index is 0.235. The van der Waals surface area contributed by atoms with E-state index < -0.39 is 0 Å². The van der Waals surface area contributed by atoms with Gasteiger partial charge in [0.15, 0.2) is 0 Å². The largest absolute Gasteiger partial charge is 0.330 e. The highest BCUT2D eigenvalue weighted by Crippen LogP contribution is 2.32. The molecule has 0 heterocycles. The van der Waals surface area contributed by atoms with Crippen LogP contribution in [0.15, 0.2) is 25.3 Å². The quantitative estimate of drug-likeness (QED) is 0.441. The lowest BCUT2D eigenvalue weighted by molar-refractivity contribution is 0.269. The van der Waals surface area contributed by atoms with Crippen molar-refractivity contribution in [2.75, 3.05) is 6.54 Å². The maximum absolute atomic E-state index is 5.87. The highest BCUT2D eigenvalue weighted by atomic mass is 14.6. The molecule has 0 aromatic carbocycles. The third-order valence-corrected chi connectivity index (χ3v) is 2.90. The second-order valence-electron chi connectivity index (χ2n) is 4.15. The predicted octanol–water partition coefficient (Wildman–Crippen LogP) is 3.66. The average Bonchev–Trinajstić information content (AvgIpc) is 2.19. The van der Waals surface area contributed by atoms with Gasteiger partial charge in [0.05, 0.1) is 0 Å². The molecule has 0 aromatic rings. The van der Waals surface area contributed by atoms with E-state index in [-0.39, 0.29) is 5.41 Å². The lowest BCUT2D eigenvalue weighted by Gasteiger charge is -2.30. The van der Waals surface area contributed by atoms with Crippen molar-refractivity contribution in [2.45, 2.75) is 45.4 Å². The summed E-state index contributed by atoms with van der Waals surface area (Å²) in [7, 11) is 0. The minimum Gasteiger partial charge on any atom is -0.330 e. The molecule has 14 heavy (non-hydrogen) atoms. The standard InChI is InChI=1S/C13H25N/c1-4-7-8-11-13(12-14,9-5-2)10-6-3/h5-6H,2-4,7-12,14H2,1H3. The van der Waals surface area contributed by atoms with Crippen LogP contribution in [0.2, 0.25) is 0 Å². The summed E-state index contributed by atoms with van der Waals surface area (Å²) in [4.78, 5) is 0. The summed E-state index contributed by atoms with van der Waals surface area (Å²) in [6, 6.07) is 0. The molecule has 0 unspecified atom stereocenters. The highest BCUT2D eigenvalue weighted by Gasteiger charge is 2.24. The van der Waals surface area contributed by atoms with Crippen LogP contribution in [0.5, 0.6) is 0 Å². The van der Waals surface area contributed by atoms with Gasteiger partial charge in [0.2, 0.25) is 0 Å². The Bertz CT molecular complexity index is 151. The first-order valence-electron chi connectivity index (χ1n) is 5.66. The molecule has 0 fully saturated rings.